The van der Waals surface area contributed by atoms with Gasteiger partial charge in [0, 0.05) is 11.8 Å². The van der Waals surface area contributed by atoms with Crippen LogP contribution in [-0.2, 0) is 0 Å². The number of aromatic nitrogens is 2. The summed E-state index contributed by atoms with van der Waals surface area (Å²) >= 11 is 0. The van der Waals surface area contributed by atoms with Gasteiger partial charge in [0.05, 0.1) is 0 Å². The van der Waals surface area contributed by atoms with E-state index in [9.17, 15) is 4.39 Å². The first-order valence-electron chi connectivity index (χ1n) is 5.09. The maximum atomic E-state index is 12.9. The summed E-state index contributed by atoms with van der Waals surface area (Å²) in [6.07, 6.45) is 1.58. The monoisotopic (exact) mass is 233 g/mol. The number of halogens is 1. The molecule has 0 aliphatic carbocycles. The maximum Gasteiger partial charge on any atom is 0.226 e. The lowest BCUT2D eigenvalue weighted by Gasteiger charge is -2.09. The van der Waals surface area contributed by atoms with Crippen LogP contribution in [0.15, 0.2) is 24.4 Å². The van der Waals surface area contributed by atoms with E-state index in [1.807, 2.05) is 6.92 Å². The van der Waals surface area contributed by atoms with E-state index in [0.717, 1.165) is 5.56 Å². The Morgan fingerprint density at radius 2 is 2.00 bits per heavy atom. The van der Waals surface area contributed by atoms with E-state index >= 15 is 0 Å². The van der Waals surface area contributed by atoms with Crippen LogP contribution in [0.2, 0.25) is 0 Å². The molecule has 1 aromatic heterocycles. The van der Waals surface area contributed by atoms with E-state index in [-0.39, 0.29) is 11.8 Å². The lowest BCUT2D eigenvalue weighted by atomic mass is 10.2. The molecule has 2 aromatic rings. The predicted octanol–water partition coefficient (Wildman–Crippen LogP) is 2.61. The molecule has 0 amide bonds. The zero-order valence-corrected chi connectivity index (χ0v) is 9.57. The van der Waals surface area contributed by atoms with Gasteiger partial charge in [-0.15, -0.1) is 0 Å². The zero-order valence-electron chi connectivity index (χ0n) is 9.57. The largest absolute Gasteiger partial charge is 0.438 e. The van der Waals surface area contributed by atoms with Crippen LogP contribution in [0, 0.1) is 19.7 Å². The van der Waals surface area contributed by atoms with Crippen molar-refractivity contribution in [1.82, 2.24) is 9.97 Å². The van der Waals surface area contributed by atoms with Crippen LogP contribution in [0.3, 0.4) is 0 Å². The molecule has 0 saturated heterocycles. The molecular formula is C12H12FN3O. The molecule has 4 nitrogen and oxygen atoms in total. The fraction of sp³-hybridized carbons (Fsp3) is 0.167. The summed E-state index contributed by atoms with van der Waals surface area (Å²) in [6, 6.07) is 4.29. The molecule has 0 unspecified atom stereocenters. The Bertz CT molecular complexity index is 557. The predicted molar refractivity (Wildman–Crippen MR) is 62.4 cm³/mol. The van der Waals surface area contributed by atoms with Crippen LogP contribution in [0.25, 0.3) is 0 Å². The summed E-state index contributed by atoms with van der Waals surface area (Å²) in [5.74, 6) is 0.777. The SMILES string of the molecule is Cc1cc(F)ccc1Oc1nc(N)ncc1C. The summed E-state index contributed by atoms with van der Waals surface area (Å²) in [5.41, 5.74) is 6.94. The normalized spacial score (nSPS) is 10.3. The molecule has 0 radical (unpaired) electrons. The Labute approximate surface area is 98.3 Å². The van der Waals surface area contributed by atoms with Gasteiger partial charge in [-0.2, -0.15) is 4.98 Å². The quantitative estimate of drug-likeness (QED) is 0.866. The first-order chi connectivity index (χ1) is 8.06. The molecule has 17 heavy (non-hydrogen) atoms. The van der Waals surface area contributed by atoms with Crippen LogP contribution in [-0.4, -0.2) is 9.97 Å². The number of nitrogens with zero attached hydrogens (tertiary/aromatic N) is 2. The van der Waals surface area contributed by atoms with Crippen molar-refractivity contribution in [3.05, 3.63) is 41.3 Å². The van der Waals surface area contributed by atoms with Crippen LogP contribution in [0.5, 0.6) is 11.6 Å². The number of ether oxygens (including phenoxy) is 1. The number of aryl methyl sites for hydroxylation is 2. The van der Waals surface area contributed by atoms with Gasteiger partial charge in [-0.25, -0.2) is 9.37 Å². The minimum Gasteiger partial charge on any atom is -0.438 e. The van der Waals surface area contributed by atoms with Crippen molar-refractivity contribution in [2.24, 2.45) is 0 Å². The Morgan fingerprint density at radius 1 is 1.24 bits per heavy atom. The number of anilines is 1. The van der Waals surface area contributed by atoms with Crippen LogP contribution in [0.4, 0.5) is 10.3 Å². The molecular weight excluding hydrogens is 221 g/mol. The molecule has 2 rings (SSSR count). The van der Waals surface area contributed by atoms with E-state index in [1.54, 1.807) is 19.2 Å². The van der Waals surface area contributed by atoms with E-state index in [0.29, 0.717) is 17.2 Å². The Kier molecular flexibility index (Phi) is 2.91. The van der Waals surface area contributed by atoms with Gasteiger partial charge in [-0.05, 0) is 37.6 Å². The molecule has 0 atom stereocenters. The van der Waals surface area contributed by atoms with Crippen LogP contribution < -0.4 is 10.5 Å². The molecule has 0 bridgehead atoms. The average molecular weight is 233 g/mol. The Balaban J connectivity index is 2.34. The molecule has 0 aliphatic rings. The third-order valence-corrected chi connectivity index (χ3v) is 2.29. The van der Waals surface area contributed by atoms with Gasteiger partial charge in [-0.1, -0.05) is 0 Å². The van der Waals surface area contributed by atoms with Crippen LogP contribution in [0.1, 0.15) is 11.1 Å². The highest BCUT2D eigenvalue weighted by Crippen LogP contribution is 2.26. The second kappa shape index (κ2) is 4.37. The van der Waals surface area contributed by atoms with Crippen molar-refractivity contribution in [2.45, 2.75) is 13.8 Å². The zero-order chi connectivity index (χ0) is 12.4. The summed E-state index contributed by atoms with van der Waals surface area (Å²) < 4.78 is 18.5. The highest BCUT2D eigenvalue weighted by atomic mass is 19.1. The fourth-order valence-corrected chi connectivity index (χ4v) is 1.37. The van der Waals surface area contributed by atoms with Crippen molar-refractivity contribution >= 4 is 5.95 Å². The van der Waals surface area contributed by atoms with Crippen molar-refractivity contribution in [2.75, 3.05) is 5.73 Å². The van der Waals surface area contributed by atoms with E-state index < -0.39 is 0 Å². The third kappa shape index (κ3) is 2.50. The Morgan fingerprint density at radius 3 is 2.71 bits per heavy atom. The smallest absolute Gasteiger partial charge is 0.226 e. The van der Waals surface area contributed by atoms with Gasteiger partial charge >= 0.3 is 0 Å². The number of hydrogen-bond donors (Lipinski definition) is 1. The van der Waals surface area contributed by atoms with E-state index in [4.69, 9.17) is 10.5 Å². The average Bonchev–Trinajstić information content (AvgIpc) is 2.27. The minimum atomic E-state index is -0.297. The number of rotatable bonds is 2. The minimum absolute atomic E-state index is 0.144. The first kappa shape index (κ1) is 11.3. The molecule has 0 spiro atoms. The molecule has 0 aliphatic heterocycles. The summed E-state index contributed by atoms with van der Waals surface area (Å²) in [4.78, 5) is 7.83. The van der Waals surface area contributed by atoms with Crippen molar-refractivity contribution in [3.63, 3.8) is 0 Å². The molecule has 1 heterocycles. The molecule has 5 heteroatoms. The van der Waals surface area contributed by atoms with Gasteiger partial charge in [-0.3, -0.25) is 0 Å². The van der Waals surface area contributed by atoms with Gasteiger partial charge in [0.15, 0.2) is 0 Å². The maximum absolute atomic E-state index is 12.9. The van der Waals surface area contributed by atoms with E-state index in [1.165, 1.54) is 12.1 Å². The van der Waals surface area contributed by atoms with Crippen LogP contribution >= 0.6 is 0 Å². The fourth-order valence-electron chi connectivity index (χ4n) is 1.37. The number of nitrogen functional groups attached to an aromatic ring is 1. The van der Waals surface area contributed by atoms with E-state index in [2.05, 4.69) is 9.97 Å². The molecule has 0 saturated carbocycles. The summed E-state index contributed by atoms with van der Waals surface area (Å²) in [5, 5.41) is 0. The standard InChI is InChI=1S/C12H12FN3O/c1-7-5-9(13)3-4-10(7)17-11-8(2)6-15-12(14)16-11/h3-6H,1-2H3,(H2,14,15,16). The van der Waals surface area contributed by atoms with Gasteiger partial charge in [0.25, 0.3) is 0 Å². The Hall–Kier alpha value is -2.17. The molecule has 0 fully saturated rings. The first-order valence-corrected chi connectivity index (χ1v) is 5.09. The van der Waals surface area contributed by atoms with Crippen molar-refractivity contribution < 1.29 is 9.13 Å². The van der Waals surface area contributed by atoms with Crippen molar-refractivity contribution in [1.29, 1.82) is 0 Å². The van der Waals surface area contributed by atoms with Crippen molar-refractivity contribution in [3.8, 4) is 11.6 Å². The number of nitrogens with two attached hydrogens (primary N) is 1. The molecule has 88 valence electrons. The van der Waals surface area contributed by atoms with Gasteiger partial charge < -0.3 is 10.5 Å². The second-order valence-corrected chi connectivity index (χ2v) is 3.73. The summed E-state index contributed by atoms with van der Waals surface area (Å²) in [6.45, 7) is 3.58. The highest BCUT2D eigenvalue weighted by Gasteiger charge is 2.07. The lowest BCUT2D eigenvalue weighted by Crippen LogP contribution is -1.99. The topological polar surface area (TPSA) is 61.0 Å². The highest BCUT2D eigenvalue weighted by molar-refractivity contribution is 5.38. The second-order valence-electron chi connectivity index (χ2n) is 3.73. The molecule has 1 aromatic carbocycles. The van der Waals surface area contributed by atoms with Gasteiger partial charge in [0.1, 0.15) is 11.6 Å². The summed E-state index contributed by atoms with van der Waals surface area (Å²) in [7, 11) is 0. The molecule has 2 N–H and O–H groups in total. The third-order valence-electron chi connectivity index (χ3n) is 2.29. The lowest BCUT2D eigenvalue weighted by molar-refractivity contribution is 0.453. The number of benzene rings is 1. The van der Waals surface area contributed by atoms with Gasteiger partial charge in [0.2, 0.25) is 11.8 Å². The number of hydrogen-bond acceptors (Lipinski definition) is 4.